The molecule has 0 unspecified atom stereocenters. The molecule has 3 aromatic rings. The molecule has 3 aromatic carbocycles. The van der Waals surface area contributed by atoms with Gasteiger partial charge in [-0.25, -0.2) is 21.2 Å². The minimum Gasteiger partial charge on any atom is -0.495 e. The zero-order valence-electron chi connectivity index (χ0n) is 20.5. The van der Waals surface area contributed by atoms with E-state index >= 15 is 0 Å². The molecule has 4 rings (SSSR count). The minimum absolute atomic E-state index is 0.0501. The Morgan fingerprint density at radius 3 is 2.45 bits per heavy atom. The van der Waals surface area contributed by atoms with Crippen molar-refractivity contribution in [3.63, 3.8) is 0 Å². The van der Waals surface area contributed by atoms with Crippen LogP contribution in [0.15, 0.2) is 70.5 Å². The number of sulfonamides is 2. The molecule has 1 N–H and O–H groups in total. The summed E-state index contributed by atoms with van der Waals surface area (Å²) in [4.78, 5) is 12.5. The summed E-state index contributed by atoms with van der Waals surface area (Å²) in [5.74, 6) is -1.47. The lowest BCUT2D eigenvalue weighted by atomic mass is 10.1. The molecule has 1 amide bonds. The third-order valence-electron chi connectivity index (χ3n) is 6.04. The Balaban J connectivity index is 1.54. The van der Waals surface area contributed by atoms with E-state index in [-0.39, 0.29) is 23.7 Å². The summed E-state index contributed by atoms with van der Waals surface area (Å²) < 4.78 is 73.8. The molecule has 0 saturated carbocycles. The zero-order chi connectivity index (χ0) is 27.7. The summed E-state index contributed by atoms with van der Waals surface area (Å²) >= 11 is 5.89. The van der Waals surface area contributed by atoms with Gasteiger partial charge < -0.3 is 10.1 Å². The van der Waals surface area contributed by atoms with E-state index in [2.05, 4.69) is 5.32 Å². The van der Waals surface area contributed by atoms with Crippen LogP contribution in [0.1, 0.15) is 12.5 Å². The average molecular weight is 582 g/mol. The van der Waals surface area contributed by atoms with Crippen molar-refractivity contribution < 1.29 is 30.8 Å². The minimum atomic E-state index is -4.26. The van der Waals surface area contributed by atoms with E-state index in [1.807, 2.05) is 0 Å². The number of carbonyl (C=O) groups excluding carboxylic acids is 1. The average Bonchev–Trinajstić information content (AvgIpc) is 3.31. The van der Waals surface area contributed by atoms with Crippen molar-refractivity contribution in [2.24, 2.45) is 0 Å². The van der Waals surface area contributed by atoms with E-state index in [0.29, 0.717) is 22.8 Å². The summed E-state index contributed by atoms with van der Waals surface area (Å²) in [5, 5.41) is 3.04. The van der Waals surface area contributed by atoms with Crippen molar-refractivity contribution in [1.82, 2.24) is 4.31 Å². The van der Waals surface area contributed by atoms with E-state index < -0.39 is 43.2 Å². The Morgan fingerprint density at radius 1 is 1.08 bits per heavy atom. The molecule has 1 aliphatic heterocycles. The highest BCUT2D eigenvalue weighted by Gasteiger charge is 2.32. The van der Waals surface area contributed by atoms with Crippen LogP contribution >= 0.6 is 11.6 Å². The number of hydrogen-bond donors (Lipinski definition) is 1. The summed E-state index contributed by atoms with van der Waals surface area (Å²) in [6.45, 7) is 1.16. The highest BCUT2D eigenvalue weighted by atomic mass is 35.5. The van der Waals surface area contributed by atoms with Gasteiger partial charge in [0.2, 0.25) is 15.9 Å². The highest BCUT2D eigenvalue weighted by Crippen LogP contribution is 2.35. The Kier molecular flexibility index (Phi) is 7.98. The van der Waals surface area contributed by atoms with Crippen LogP contribution in [0.25, 0.3) is 0 Å². The molecule has 0 fully saturated rings. The van der Waals surface area contributed by atoms with Crippen molar-refractivity contribution in [3.05, 3.63) is 77.1 Å². The van der Waals surface area contributed by atoms with E-state index in [4.69, 9.17) is 16.3 Å². The van der Waals surface area contributed by atoms with Crippen LogP contribution < -0.4 is 14.4 Å². The zero-order valence-corrected chi connectivity index (χ0v) is 22.9. The Hall–Kier alpha value is -3.19. The number of rotatable bonds is 9. The molecule has 202 valence electrons. The van der Waals surface area contributed by atoms with Gasteiger partial charge in [-0.1, -0.05) is 24.6 Å². The number of halogens is 2. The Bertz CT molecular complexity index is 1580. The van der Waals surface area contributed by atoms with E-state index in [1.54, 1.807) is 19.1 Å². The topological polar surface area (TPSA) is 113 Å². The third-order valence-corrected chi connectivity index (χ3v) is 10.1. The number of anilines is 2. The fourth-order valence-electron chi connectivity index (χ4n) is 4.13. The first-order valence-electron chi connectivity index (χ1n) is 11.5. The standard InChI is InChI=1S/C25H25ClFN3O6S2/c1-3-29(38(34,35)24-14-19(27)7-11-23(24)36-2)16-25(31)28-20-8-4-17-12-13-30(22(17)15-20)37(32,33)21-9-5-18(26)6-10-21/h4-11,14-15H,3,12-13,16H2,1-2H3,(H,28,31). The van der Waals surface area contributed by atoms with Gasteiger partial charge in [-0.3, -0.25) is 9.10 Å². The quantitative estimate of drug-likeness (QED) is 0.410. The largest absolute Gasteiger partial charge is 0.495 e. The number of methoxy groups -OCH3 is 1. The molecule has 38 heavy (non-hydrogen) atoms. The van der Waals surface area contributed by atoms with Crippen molar-refractivity contribution in [3.8, 4) is 5.75 Å². The fraction of sp³-hybridized carbons (Fsp3) is 0.240. The molecule has 1 heterocycles. The molecular formula is C25H25ClFN3O6S2. The molecule has 0 aliphatic carbocycles. The van der Waals surface area contributed by atoms with Gasteiger partial charge in [0.25, 0.3) is 10.0 Å². The number of nitrogens with one attached hydrogen (secondary N) is 1. The number of benzene rings is 3. The molecular weight excluding hydrogens is 557 g/mol. The lowest BCUT2D eigenvalue weighted by molar-refractivity contribution is -0.116. The second-order valence-electron chi connectivity index (χ2n) is 8.40. The van der Waals surface area contributed by atoms with Crippen LogP contribution in [0, 0.1) is 5.82 Å². The van der Waals surface area contributed by atoms with Crippen molar-refractivity contribution in [2.45, 2.75) is 23.1 Å². The lowest BCUT2D eigenvalue weighted by Crippen LogP contribution is -2.38. The Labute approximate surface area is 225 Å². The van der Waals surface area contributed by atoms with Gasteiger partial charge in [-0.15, -0.1) is 0 Å². The Morgan fingerprint density at radius 2 is 1.79 bits per heavy atom. The van der Waals surface area contributed by atoms with Gasteiger partial charge >= 0.3 is 0 Å². The van der Waals surface area contributed by atoms with E-state index in [9.17, 15) is 26.0 Å². The van der Waals surface area contributed by atoms with Crippen molar-refractivity contribution in [1.29, 1.82) is 0 Å². The lowest BCUT2D eigenvalue weighted by Gasteiger charge is -2.22. The van der Waals surface area contributed by atoms with Gasteiger partial charge in [-0.2, -0.15) is 4.31 Å². The van der Waals surface area contributed by atoms with Crippen LogP contribution in [0.4, 0.5) is 15.8 Å². The predicted octanol–water partition coefficient (Wildman–Crippen LogP) is 3.89. The van der Waals surface area contributed by atoms with Gasteiger partial charge in [0.1, 0.15) is 16.5 Å². The second-order valence-corrected chi connectivity index (χ2v) is 12.6. The van der Waals surface area contributed by atoms with Gasteiger partial charge in [0.15, 0.2) is 0 Å². The molecule has 0 atom stereocenters. The molecule has 0 saturated heterocycles. The molecule has 0 bridgehead atoms. The van der Waals surface area contributed by atoms with Crippen molar-refractivity contribution in [2.75, 3.05) is 36.4 Å². The first kappa shape index (κ1) is 27.8. The summed E-state index contributed by atoms with van der Waals surface area (Å²) in [6.07, 6.45) is 0.494. The van der Waals surface area contributed by atoms with Crippen LogP contribution in [0.2, 0.25) is 5.02 Å². The normalized spacial score (nSPS) is 13.4. The number of carbonyl (C=O) groups is 1. The summed E-state index contributed by atoms with van der Waals surface area (Å²) in [5.41, 5.74) is 1.50. The first-order valence-corrected chi connectivity index (χ1v) is 14.8. The summed E-state index contributed by atoms with van der Waals surface area (Å²) in [6, 6.07) is 13.8. The maximum absolute atomic E-state index is 13.8. The number of hydrogen-bond acceptors (Lipinski definition) is 6. The van der Waals surface area contributed by atoms with E-state index in [1.165, 1.54) is 47.8 Å². The monoisotopic (exact) mass is 581 g/mol. The molecule has 13 heteroatoms. The number of ether oxygens (including phenoxy) is 1. The SMILES string of the molecule is CCN(CC(=O)Nc1ccc2c(c1)N(S(=O)(=O)c1ccc(Cl)cc1)CC2)S(=O)(=O)c1cc(F)ccc1OC. The van der Waals surface area contributed by atoms with Crippen LogP contribution in [0.5, 0.6) is 5.75 Å². The second kappa shape index (κ2) is 10.9. The fourth-order valence-corrected chi connectivity index (χ4v) is 7.32. The maximum Gasteiger partial charge on any atom is 0.264 e. The van der Waals surface area contributed by atoms with Gasteiger partial charge in [0.05, 0.1) is 24.2 Å². The molecule has 0 spiro atoms. The summed E-state index contributed by atoms with van der Waals surface area (Å²) in [7, 11) is -6.87. The number of likely N-dealkylation sites (N-methyl/N-ethyl adjacent to an activating group) is 1. The van der Waals surface area contributed by atoms with Crippen LogP contribution in [-0.2, 0) is 31.3 Å². The highest BCUT2D eigenvalue weighted by molar-refractivity contribution is 7.92. The molecule has 9 nitrogen and oxygen atoms in total. The number of amides is 1. The van der Waals surface area contributed by atoms with Crippen LogP contribution in [-0.4, -0.2) is 53.8 Å². The number of nitrogens with zero attached hydrogens (tertiary/aromatic N) is 2. The smallest absolute Gasteiger partial charge is 0.264 e. The van der Waals surface area contributed by atoms with E-state index in [0.717, 1.165) is 22.0 Å². The maximum atomic E-state index is 13.8. The van der Waals surface area contributed by atoms with Crippen LogP contribution in [0.3, 0.4) is 0 Å². The van der Waals surface area contributed by atoms with Crippen molar-refractivity contribution >= 4 is 48.9 Å². The molecule has 0 aromatic heterocycles. The third kappa shape index (κ3) is 5.48. The van der Waals surface area contributed by atoms with Gasteiger partial charge in [-0.05, 0) is 66.6 Å². The number of fused-ring (bicyclic) bond motifs is 1. The molecule has 1 aliphatic rings. The van der Waals surface area contributed by atoms with Gasteiger partial charge in [0, 0.05) is 23.8 Å². The predicted molar refractivity (Wildman–Crippen MR) is 142 cm³/mol. The first-order chi connectivity index (χ1) is 18.0. The molecule has 0 radical (unpaired) electrons.